The van der Waals surface area contributed by atoms with Crippen LogP contribution >= 0.6 is 0 Å². The second kappa shape index (κ2) is 5.80. The second-order valence-electron chi connectivity index (χ2n) is 2.90. The van der Waals surface area contributed by atoms with Gasteiger partial charge in [-0.05, 0) is 26.2 Å². The van der Waals surface area contributed by atoms with Gasteiger partial charge in [0.25, 0.3) is 0 Å². The van der Waals surface area contributed by atoms with Crippen LogP contribution in [0.3, 0.4) is 0 Å². The Labute approximate surface area is 80.7 Å². The lowest BCUT2D eigenvalue weighted by molar-refractivity contribution is -0.127. The Bertz CT molecular complexity index is 108. The molecule has 0 saturated heterocycles. The van der Waals surface area contributed by atoms with E-state index < -0.39 is 0 Å². The summed E-state index contributed by atoms with van der Waals surface area (Å²) in [6.45, 7) is 7.98. The molecule has 0 rings (SSSR count). The van der Waals surface area contributed by atoms with Crippen LogP contribution in [-0.4, -0.2) is 23.1 Å². The SMILES string of the molecule is CCC(CC)(CC)C(C)=O.[AlH3]. The Hall–Kier alpha value is 0.202. The zero-order valence-electron chi connectivity index (χ0n) is 7.53. The fourth-order valence-electron chi connectivity index (χ4n) is 1.50. The van der Waals surface area contributed by atoms with Gasteiger partial charge in [0.1, 0.15) is 5.78 Å². The molecule has 0 aromatic carbocycles. The number of carbonyl (C=O) groups excluding carboxylic acids is 1. The number of ketones is 1. The molecule has 0 aromatic heterocycles. The highest BCUT2D eigenvalue weighted by Crippen LogP contribution is 2.30. The molecule has 0 saturated carbocycles. The maximum atomic E-state index is 11.2. The summed E-state index contributed by atoms with van der Waals surface area (Å²) in [4.78, 5) is 11.2. The minimum atomic E-state index is -0.0139. The molecular weight excluding hydrogens is 151 g/mol. The predicted molar refractivity (Wildman–Crippen MR) is 53.9 cm³/mol. The largest absolute Gasteiger partial charge is 0.299 e. The number of rotatable bonds is 4. The van der Waals surface area contributed by atoms with Crippen molar-refractivity contribution >= 4 is 23.1 Å². The zero-order valence-corrected chi connectivity index (χ0v) is 7.53. The molecule has 0 radical (unpaired) electrons. The molecular formula is C9H21AlO. The van der Waals surface area contributed by atoms with Gasteiger partial charge in [0.15, 0.2) is 17.4 Å². The van der Waals surface area contributed by atoms with Crippen molar-refractivity contribution < 1.29 is 4.79 Å². The monoisotopic (exact) mass is 172 g/mol. The van der Waals surface area contributed by atoms with Gasteiger partial charge in [0.2, 0.25) is 0 Å². The Balaban J connectivity index is 0. The van der Waals surface area contributed by atoms with Crippen molar-refractivity contribution in [3.05, 3.63) is 0 Å². The third kappa shape index (κ3) is 2.97. The van der Waals surface area contributed by atoms with E-state index in [0.717, 1.165) is 19.3 Å². The van der Waals surface area contributed by atoms with Crippen molar-refractivity contribution in [3.8, 4) is 0 Å². The van der Waals surface area contributed by atoms with Crippen LogP contribution in [0, 0.1) is 5.41 Å². The number of carbonyl (C=O) groups is 1. The normalized spacial score (nSPS) is 10.5. The summed E-state index contributed by atoms with van der Waals surface area (Å²) in [5.41, 5.74) is -0.0139. The summed E-state index contributed by atoms with van der Waals surface area (Å²) >= 11 is 0. The molecule has 0 bridgehead atoms. The summed E-state index contributed by atoms with van der Waals surface area (Å²) in [6, 6.07) is 0. The maximum absolute atomic E-state index is 11.2. The highest BCUT2D eigenvalue weighted by Gasteiger charge is 2.28. The molecule has 11 heavy (non-hydrogen) atoms. The molecule has 0 heterocycles. The van der Waals surface area contributed by atoms with E-state index in [0.29, 0.717) is 5.78 Å². The first kappa shape index (κ1) is 13.8. The Morgan fingerprint density at radius 1 is 1.09 bits per heavy atom. The molecule has 2 heteroatoms. The van der Waals surface area contributed by atoms with Gasteiger partial charge in [-0.15, -0.1) is 0 Å². The Kier molecular flexibility index (Phi) is 7.26. The van der Waals surface area contributed by atoms with E-state index in [1.807, 2.05) is 0 Å². The van der Waals surface area contributed by atoms with Crippen LogP contribution < -0.4 is 0 Å². The van der Waals surface area contributed by atoms with Gasteiger partial charge in [-0.2, -0.15) is 0 Å². The smallest absolute Gasteiger partial charge is 0.187 e. The molecule has 0 amide bonds. The van der Waals surface area contributed by atoms with Crippen LogP contribution in [0.1, 0.15) is 47.0 Å². The van der Waals surface area contributed by atoms with E-state index >= 15 is 0 Å². The first-order chi connectivity index (χ1) is 4.63. The highest BCUT2D eigenvalue weighted by molar-refractivity contribution is 5.82. The molecule has 1 nitrogen and oxygen atoms in total. The molecule has 0 spiro atoms. The summed E-state index contributed by atoms with van der Waals surface area (Å²) in [5.74, 6) is 0.347. The van der Waals surface area contributed by atoms with Gasteiger partial charge in [0.05, 0.1) is 0 Å². The summed E-state index contributed by atoms with van der Waals surface area (Å²) in [7, 11) is 0. The summed E-state index contributed by atoms with van der Waals surface area (Å²) in [6.07, 6.45) is 2.94. The van der Waals surface area contributed by atoms with E-state index in [4.69, 9.17) is 0 Å². The lowest BCUT2D eigenvalue weighted by Gasteiger charge is -2.26. The van der Waals surface area contributed by atoms with Gasteiger partial charge < -0.3 is 0 Å². The van der Waals surface area contributed by atoms with E-state index in [2.05, 4.69) is 20.8 Å². The first-order valence-corrected chi connectivity index (χ1v) is 4.14. The van der Waals surface area contributed by atoms with Crippen LogP contribution in [-0.2, 0) is 4.79 Å². The third-order valence-electron chi connectivity index (χ3n) is 2.78. The van der Waals surface area contributed by atoms with Crippen LogP contribution in [0.5, 0.6) is 0 Å². The van der Waals surface area contributed by atoms with Gasteiger partial charge >= 0.3 is 0 Å². The highest BCUT2D eigenvalue weighted by atomic mass is 27.0. The molecule has 0 aliphatic rings. The van der Waals surface area contributed by atoms with Crippen molar-refractivity contribution in [2.75, 3.05) is 0 Å². The summed E-state index contributed by atoms with van der Waals surface area (Å²) < 4.78 is 0. The molecule has 0 atom stereocenters. The van der Waals surface area contributed by atoms with Crippen LogP contribution in [0.15, 0.2) is 0 Å². The Morgan fingerprint density at radius 2 is 1.36 bits per heavy atom. The van der Waals surface area contributed by atoms with Crippen LogP contribution in [0.4, 0.5) is 0 Å². The molecule has 66 valence electrons. The topological polar surface area (TPSA) is 17.1 Å². The maximum Gasteiger partial charge on any atom is 0.187 e. The molecule has 0 aromatic rings. The van der Waals surface area contributed by atoms with Crippen molar-refractivity contribution in [1.82, 2.24) is 0 Å². The molecule has 0 aliphatic carbocycles. The van der Waals surface area contributed by atoms with Gasteiger partial charge in [-0.25, -0.2) is 0 Å². The van der Waals surface area contributed by atoms with E-state index in [1.54, 1.807) is 6.92 Å². The van der Waals surface area contributed by atoms with Gasteiger partial charge in [-0.3, -0.25) is 4.79 Å². The van der Waals surface area contributed by atoms with Gasteiger partial charge in [0, 0.05) is 5.41 Å². The van der Waals surface area contributed by atoms with E-state index in [1.165, 1.54) is 0 Å². The molecule has 0 N–H and O–H groups in total. The van der Waals surface area contributed by atoms with Crippen molar-refractivity contribution in [2.45, 2.75) is 47.0 Å². The second-order valence-corrected chi connectivity index (χ2v) is 2.90. The minimum absolute atomic E-state index is 0. The zero-order chi connectivity index (χ0) is 8.20. The lowest BCUT2D eigenvalue weighted by Crippen LogP contribution is -2.26. The van der Waals surface area contributed by atoms with Gasteiger partial charge in [-0.1, -0.05) is 20.8 Å². The van der Waals surface area contributed by atoms with Crippen molar-refractivity contribution in [3.63, 3.8) is 0 Å². The quantitative estimate of drug-likeness (QED) is 0.589. The summed E-state index contributed by atoms with van der Waals surface area (Å²) in [5, 5.41) is 0. The third-order valence-corrected chi connectivity index (χ3v) is 2.78. The van der Waals surface area contributed by atoms with E-state index in [9.17, 15) is 4.79 Å². The molecule has 0 fully saturated rings. The van der Waals surface area contributed by atoms with Crippen LogP contribution in [0.2, 0.25) is 0 Å². The fourth-order valence-corrected chi connectivity index (χ4v) is 1.50. The predicted octanol–water partition coefficient (Wildman–Crippen LogP) is 1.61. The average Bonchev–Trinajstić information content (AvgIpc) is 1.92. The van der Waals surface area contributed by atoms with E-state index in [-0.39, 0.29) is 22.8 Å². The lowest BCUT2D eigenvalue weighted by atomic mass is 9.77. The fraction of sp³-hybridized carbons (Fsp3) is 0.889. The first-order valence-electron chi connectivity index (χ1n) is 4.14. The molecule has 0 aliphatic heterocycles. The number of Topliss-reactive ketones (excluding diaryl/α,β-unsaturated/α-hetero) is 1. The number of hydrogen-bond donors (Lipinski definition) is 0. The minimum Gasteiger partial charge on any atom is -0.299 e. The number of hydrogen-bond acceptors (Lipinski definition) is 1. The van der Waals surface area contributed by atoms with Crippen LogP contribution in [0.25, 0.3) is 0 Å². The van der Waals surface area contributed by atoms with Crippen molar-refractivity contribution in [2.24, 2.45) is 5.41 Å². The average molecular weight is 172 g/mol. The standard InChI is InChI=1S/C9H18O.Al.3H/c1-5-9(6-2,7-3)8(4)10;;;;/h5-7H2,1-4H3;;;;. The van der Waals surface area contributed by atoms with Crippen molar-refractivity contribution in [1.29, 1.82) is 0 Å². The molecule has 0 unspecified atom stereocenters. The Morgan fingerprint density at radius 3 is 1.36 bits per heavy atom.